The van der Waals surface area contributed by atoms with E-state index in [0.717, 1.165) is 19.7 Å². The molecule has 0 aliphatic rings. The molecule has 0 fully saturated rings. The minimum atomic E-state index is 0.341. The highest BCUT2D eigenvalue weighted by molar-refractivity contribution is 4.64. The Morgan fingerprint density at radius 1 is 1.31 bits per heavy atom. The van der Waals surface area contributed by atoms with Gasteiger partial charge in [0.15, 0.2) is 0 Å². The Kier molecular flexibility index (Phi) is 7.23. The normalized spacial score (nSPS) is 14.1. The van der Waals surface area contributed by atoms with Crippen LogP contribution in [0.3, 0.4) is 0 Å². The van der Waals surface area contributed by atoms with Gasteiger partial charge in [-0.3, -0.25) is 0 Å². The topological polar surface area (TPSA) is 24.5 Å². The van der Waals surface area contributed by atoms with Gasteiger partial charge in [-0.15, -0.1) is 0 Å². The molecule has 0 rings (SSSR count). The summed E-state index contributed by atoms with van der Waals surface area (Å²) in [6.07, 6.45) is 0.341. The van der Waals surface area contributed by atoms with E-state index in [1.165, 1.54) is 0 Å². The lowest BCUT2D eigenvalue weighted by molar-refractivity contribution is 0.0575. The van der Waals surface area contributed by atoms with E-state index >= 15 is 0 Å². The lowest BCUT2D eigenvalue weighted by Crippen LogP contribution is -2.38. The molecule has 0 saturated heterocycles. The molecule has 0 saturated carbocycles. The average molecular weight is 188 g/mol. The third-order valence-electron chi connectivity index (χ3n) is 2.15. The zero-order valence-electron chi connectivity index (χ0n) is 9.63. The average Bonchev–Trinajstić information content (AvgIpc) is 2.04. The number of hydrogen-bond acceptors (Lipinski definition) is 3. The Labute approximate surface area is 82.4 Å². The molecular weight excluding hydrogens is 164 g/mol. The molecule has 1 N–H and O–H groups in total. The molecule has 0 radical (unpaired) electrons. The summed E-state index contributed by atoms with van der Waals surface area (Å²) in [5, 5.41) is 3.17. The third kappa shape index (κ3) is 6.99. The number of nitrogens with one attached hydrogen (secondary N) is 1. The van der Waals surface area contributed by atoms with E-state index in [1.807, 2.05) is 7.05 Å². The molecule has 0 heterocycles. The lowest BCUT2D eigenvalue weighted by atomic mass is 10.3. The first-order chi connectivity index (χ1) is 6.07. The van der Waals surface area contributed by atoms with Crippen molar-refractivity contribution in [1.29, 1.82) is 0 Å². The minimum Gasteiger partial charge on any atom is -0.377 e. The molecule has 0 aliphatic carbocycles. The van der Waals surface area contributed by atoms with Crippen LogP contribution in [0.15, 0.2) is 0 Å². The van der Waals surface area contributed by atoms with E-state index in [1.54, 1.807) is 0 Å². The van der Waals surface area contributed by atoms with E-state index in [9.17, 15) is 0 Å². The second kappa shape index (κ2) is 7.30. The summed E-state index contributed by atoms with van der Waals surface area (Å²) in [6.45, 7) is 9.20. The predicted octanol–water partition coefficient (Wildman–Crippen LogP) is 0.951. The molecule has 0 bridgehead atoms. The maximum atomic E-state index is 5.48. The van der Waals surface area contributed by atoms with E-state index < -0.39 is 0 Å². The molecule has 3 heteroatoms. The Morgan fingerprint density at radius 3 is 2.38 bits per heavy atom. The van der Waals surface area contributed by atoms with Crippen molar-refractivity contribution in [2.75, 3.05) is 33.8 Å². The Bertz CT molecular complexity index is 117. The highest BCUT2D eigenvalue weighted by atomic mass is 16.5. The lowest BCUT2D eigenvalue weighted by Gasteiger charge is -2.24. The molecule has 0 spiro atoms. The van der Waals surface area contributed by atoms with Crippen molar-refractivity contribution in [2.45, 2.75) is 32.9 Å². The van der Waals surface area contributed by atoms with E-state index in [2.05, 4.69) is 38.0 Å². The molecule has 0 aromatic rings. The van der Waals surface area contributed by atoms with Gasteiger partial charge < -0.3 is 15.0 Å². The van der Waals surface area contributed by atoms with Crippen molar-refractivity contribution in [3.63, 3.8) is 0 Å². The van der Waals surface area contributed by atoms with Crippen LogP contribution in [0.1, 0.15) is 20.8 Å². The maximum Gasteiger partial charge on any atom is 0.0596 e. The largest absolute Gasteiger partial charge is 0.377 e. The van der Waals surface area contributed by atoms with E-state index in [0.29, 0.717) is 12.1 Å². The van der Waals surface area contributed by atoms with Crippen LogP contribution in [0, 0.1) is 0 Å². The summed E-state index contributed by atoms with van der Waals surface area (Å²) < 4.78 is 5.48. The molecule has 1 atom stereocenters. The number of likely N-dealkylation sites (N-methyl/N-ethyl adjacent to an activating group) is 2. The first-order valence-electron chi connectivity index (χ1n) is 5.04. The second-order valence-electron chi connectivity index (χ2n) is 3.81. The molecular formula is C10H24N2O. The number of hydrogen-bond donors (Lipinski definition) is 1. The van der Waals surface area contributed by atoms with Crippen molar-refractivity contribution in [2.24, 2.45) is 0 Å². The van der Waals surface area contributed by atoms with Gasteiger partial charge in [-0.1, -0.05) is 0 Å². The highest BCUT2D eigenvalue weighted by Gasteiger charge is 2.07. The van der Waals surface area contributed by atoms with Crippen molar-refractivity contribution in [3.05, 3.63) is 0 Å². The Hall–Kier alpha value is -0.120. The first kappa shape index (κ1) is 12.9. The van der Waals surface area contributed by atoms with Gasteiger partial charge in [-0.25, -0.2) is 0 Å². The summed E-state index contributed by atoms with van der Waals surface area (Å²) in [6, 6.07) is 0.570. The van der Waals surface area contributed by atoms with Crippen LogP contribution in [0.4, 0.5) is 0 Å². The molecule has 13 heavy (non-hydrogen) atoms. The molecule has 80 valence electrons. The second-order valence-corrected chi connectivity index (χ2v) is 3.81. The van der Waals surface area contributed by atoms with Gasteiger partial charge in [0.05, 0.1) is 12.7 Å². The predicted molar refractivity (Wildman–Crippen MR) is 57.1 cm³/mol. The standard InChI is InChI=1S/C10H24N2O/c1-9(2)13-7-6-12(5)10(3)8-11-4/h9-11H,6-8H2,1-5H3. The summed E-state index contributed by atoms with van der Waals surface area (Å²) in [5.41, 5.74) is 0. The molecule has 0 aliphatic heterocycles. The van der Waals surface area contributed by atoms with Crippen LogP contribution in [0.2, 0.25) is 0 Å². The van der Waals surface area contributed by atoms with Crippen LogP contribution in [0.5, 0.6) is 0 Å². The quantitative estimate of drug-likeness (QED) is 0.644. The minimum absolute atomic E-state index is 0.341. The fourth-order valence-corrected chi connectivity index (χ4v) is 1.10. The van der Waals surface area contributed by atoms with Crippen LogP contribution < -0.4 is 5.32 Å². The molecule has 0 amide bonds. The van der Waals surface area contributed by atoms with Gasteiger partial charge in [0.25, 0.3) is 0 Å². The molecule has 1 unspecified atom stereocenters. The highest BCUT2D eigenvalue weighted by Crippen LogP contribution is 1.94. The maximum absolute atomic E-state index is 5.48. The van der Waals surface area contributed by atoms with Gasteiger partial charge in [-0.2, -0.15) is 0 Å². The van der Waals surface area contributed by atoms with Crippen LogP contribution in [-0.4, -0.2) is 50.8 Å². The number of ether oxygens (including phenoxy) is 1. The number of nitrogens with zero attached hydrogens (tertiary/aromatic N) is 1. The van der Waals surface area contributed by atoms with Gasteiger partial charge in [-0.05, 0) is 34.9 Å². The first-order valence-corrected chi connectivity index (χ1v) is 5.04. The fourth-order valence-electron chi connectivity index (χ4n) is 1.10. The van der Waals surface area contributed by atoms with Gasteiger partial charge in [0, 0.05) is 19.1 Å². The van der Waals surface area contributed by atoms with E-state index in [4.69, 9.17) is 4.74 Å². The SMILES string of the molecule is CNCC(C)N(C)CCOC(C)C. The van der Waals surface area contributed by atoms with Crippen molar-refractivity contribution >= 4 is 0 Å². The monoisotopic (exact) mass is 188 g/mol. The van der Waals surface area contributed by atoms with Gasteiger partial charge >= 0.3 is 0 Å². The molecule has 0 aromatic heterocycles. The van der Waals surface area contributed by atoms with Crippen molar-refractivity contribution in [3.8, 4) is 0 Å². The molecule has 3 nitrogen and oxygen atoms in total. The summed E-state index contributed by atoms with van der Waals surface area (Å²) in [4.78, 5) is 2.30. The van der Waals surface area contributed by atoms with E-state index in [-0.39, 0.29) is 0 Å². The van der Waals surface area contributed by atoms with Crippen LogP contribution in [-0.2, 0) is 4.74 Å². The third-order valence-corrected chi connectivity index (χ3v) is 2.15. The van der Waals surface area contributed by atoms with Crippen LogP contribution in [0.25, 0.3) is 0 Å². The fraction of sp³-hybridized carbons (Fsp3) is 1.00. The Morgan fingerprint density at radius 2 is 1.92 bits per heavy atom. The summed E-state index contributed by atoms with van der Waals surface area (Å²) in [5.74, 6) is 0. The number of rotatable bonds is 7. The zero-order chi connectivity index (χ0) is 10.3. The smallest absolute Gasteiger partial charge is 0.0596 e. The van der Waals surface area contributed by atoms with Gasteiger partial charge in [0.1, 0.15) is 0 Å². The zero-order valence-corrected chi connectivity index (χ0v) is 9.63. The van der Waals surface area contributed by atoms with Crippen molar-refractivity contribution in [1.82, 2.24) is 10.2 Å². The van der Waals surface area contributed by atoms with Crippen molar-refractivity contribution < 1.29 is 4.74 Å². The van der Waals surface area contributed by atoms with Crippen LogP contribution >= 0.6 is 0 Å². The molecule has 0 aromatic carbocycles. The Balaban J connectivity index is 3.43. The summed E-state index contributed by atoms with van der Waals surface area (Å²) >= 11 is 0. The summed E-state index contributed by atoms with van der Waals surface area (Å²) in [7, 11) is 4.11. The van der Waals surface area contributed by atoms with Gasteiger partial charge in [0.2, 0.25) is 0 Å².